The van der Waals surface area contributed by atoms with Gasteiger partial charge in [-0.15, -0.1) is 10.2 Å². The van der Waals surface area contributed by atoms with Gasteiger partial charge in [0.15, 0.2) is 4.34 Å². The summed E-state index contributed by atoms with van der Waals surface area (Å²) < 4.78 is 0.733. The van der Waals surface area contributed by atoms with Crippen LogP contribution < -0.4 is 11.1 Å². The molecule has 1 aromatic heterocycles. The van der Waals surface area contributed by atoms with Gasteiger partial charge in [-0.2, -0.15) is 0 Å². The minimum Gasteiger partial charge on any atom is -0.369 e. The Morgan fingerprint density at radius 1 is 1.42 bits per heavy atom. The third-order valence-corrected chi connectivity index (χ3v) is 6.13. The number of thioether (sulfide) groups is 1. The Labute approximate surface area is 160 Å². The second-order valence-electron chi connectivity index (χ2n) is 6.24. The minimum absolute atomic E-state index is 0.00402. The highest BCUT2D eigenvalue weighted by molar-refractivity contribution is 8.01. The average Bonchev–Trinajstić information content (AvgIpc) is 3.07. The highest BCUT2D eigenvalue weighted by Gasteiger charge is 2.27. The quantitative estimate of drug-likeness (QED) is 0.733. The number of aryl methyl sites for hydroxylation is 1. The zero-order chi connectivity index (χ0) is 18.5. The molecule has 7 nitrogen and oxygen atoms in total. The van der Waals surface area contributed by atoms with Crippen LogP contribution in [-0.4, -0.2) is 45.8 Å². The van der Waals surface area contributed by atoms with Crippen molar-refractivity contribution < 1.29 is 9.59 Å². The molecule has 9 heteroatoms. The predicted molar refractivity (Wildman–Crippen MR) is 104 cm³/mol. The van der Waals surface area contributed by atoms with Crippen LogP contribution in [0.4, 0.5) is 10.8 Å². The molecule has 0 saturated carbocycles. The van der Waals surface area contributed by atoms with Gasteiger partial charge < -0.3 is 16.0 Å². The van der Waals surface area contributed by atoms with E-state index >= 15 is 0 Å². The first-order valence-electron chi connectivity index (χ1n) is 8.38. The maximum Gasteiger partial charge on any atom is 0.233 e. The van der Waals surface area contributed by atoms with Crippen LogP contribution in [-0.2, 0) is 9.59 Å². The number of nitrogens with one attached hydrogen (secondary N) is 1. The lowest BCUT2D eigenvalue weighted by atomic mass is 9.97. The van der Waals surface area contributed by atoms with E-state index in [1.54, 1.807) is 4.90 Å². The van der Waals surface area contributed by atoms with Crippen molar-refractivity contribution in [3.63, 3.8) is 0 Å². The van der Waals surface area contributed by atoms with E-state index in [2.05, 4.69) is 15.5 Å². The van der Waals surface area contributed by atoms with E-state index in [1.807, 2.05) is 31.2 Å². The molecule has 1 fully saturated rings. The fourth-order valence-corrected chi connectivity index (χ4v) is 4.49. The number of carbonyl (C=O) groups is 2. The number of likely N-dealkylation sites (tertiary alicyclic amines) is 1. The predicted octanol–water partition coefficient (Wildman–Crippen LogP) is 2.41. The summed E-state index contributed by atoms with van der Waals surface area (Å²) in [7, 11) is 0. The molecular formula is C17H21N5O2S2. The maximum absolute atomic E-state index is 12.4. The second kappa shape index (κ2) is 8.50. The number of nitrogens with zero attached hydrogens (tertiary/aromatic N) is 3. The number of anilines is 2. The van der Waals surface area contributed by atoms with Crippen molar-refractivity contribution in [1.82, 2.24) is 15.1 Å². The van der Waals surface area contributed by atoms with E-state index in [4.69, 9.17) is 5.73 Å². The molecule has 0 aliphatic carbocycles. The summed E-state index contributed by atoms with van der Waals surface area (Å²) in [5.41, 5.74) is 7.48. The molecule has 1 saturated heterocycles. The largest absolute Gasteiger partial charge is 0.369 e. The summed E-state index contributed by atoms with van der Waals surface area (Å²) >= 11 is 2.78. The van der Waals surface area contributed by atoms with Crippen molar-refractivity contribution in [2.75, 3.05) is 24.2 Å². The molecule has 3 rings (SSSR count). The summed E-state index contributed by atoms with van der Waals surface area (Å²) in [6.07, 6.45) is 1.57. The molecule has 2 aromatic rings. The van der Waals surface area contributed by atoms with Gasteiger partial charge in [0.25, 0.3) is 0 Å². The van der Waals surface area contributed by atoms with E-state index < -0.39 is 0 Å². The Morgan fingerprint density at radius 2 is 2.27 bits per heavy atom. The highest BCUT2D eigenvalue weighted by atomic mass is 32.2. The number of aromatic nitrogens is 2. The highest BCUT2D eigenvalue weighted by Crippen LogP contribution is 2.28. The Hall–Kier alpha value is -2.13. The SMILES string of the molecule is Cc1cccc(Nc2nnc(SCC(=O)N3CCC[C@H](C(N)=O)C3)s2)c1. The fraction of sp³-hybridized carbons (Fsp3) is 0.412. The van der Waals surface area contributed by atoms with Gasteiger partial charge in [-0.1, -0.05) is 35.2 Å². The standard InChI is InChI=1S/C17H21N5O2S2/c1-11-4-2-6-13(8-11)19-16-20-21-17(26-16)25-10-14(23)22-7-3-5-12(9-22)15(18)24/h2,4,6,8,12H,3,5,7,9-10H2,1H3,(H2,18,24)(H,19,20)/t12-/m0/s1. The monoisotopic (exact) mass is 391 g/mol. The fourth-order valence-electron chi connectivity index (χ4n) is 2.82. The lowest BCUT2D eigenvalue weighted by Gasteiger charge is -2.31. The molecule has 1 aliphatic rings. The summed E-state index contributed by atoms with van der Waals surface area (Å²) in [5, 5.41) is 12.1. The topological polar surface area (TPSA) is 101 Å². The van der Waals surface area contributed by atoms with Crippen LogP contribution in [0.3, 0.4) is 0 Å². The third-order valence-electron chi connectivity index (χ3n) is 4.17. The third kappa shape index (κ3) is 4.95. The molecule has 1 atom stereocenters. The number of primary amides is 1. The number of carbonyl (C=O) groups excluding carboxylic acids is 2. The number of hydrogen-bond acceptors (Lipinski definition) is 7. The first kappa shape index (κ1) is 18.7. The molecule has 0 radical (unpaired) electrons. The number of benzene rings is 1. The van der Waals surface area contributed by atoms with E-state index in [1.165, 1.54) is 23.1 Å². The second-order valence-corrected chi connectivity index (χ2v) is 8.44. The molecule has 0 bridgehead atoms. The van der Waals surface area contributed by atoms with E-state index in [-0.39, 0.29) is 23.5 Å². The first-order valence-corrected chi connectivity index (χ1v) is 10.2. The first-order chi connectivity index (χ1) is 12.5. The van der Waals surface area contributed by atoms with Crippen LogP contribution in [0.1, 0.15) is 18.4 Å². The van der Waals surface area contributed by atoms with Crippen molar-refractivity contribution in [2.45, 2.75) is 24.1 Å². The van der Waals surface area contributed by atoms with Crippen molar-refractivity contribution >= 4 is 45.7 Å². The average molecular weight is 392 g/mol. The lowest BCUT2D eigenvalue weighted by Crippen LogP contribution is -2.44. The van der Waals surface area contributed by atoms with Gasteiger partial charge in [-0.25, -0.2) is 0 Å². The molecule has 1 aliphatic heterocycles. The number of nitrogens with two attached hydrogens (primary N) is 1. The Kier molecular flexibility index (Phi) is 6.10. The number of rotatable bonds is 6. The summed E-state index contributed by atoms with van der Waals surface area (Å²) in [4.78, 5) is 25.4. The molecule has 2 amide bonds. The minimum atomic E-state index is -0.328. The van der Waals surface area contributed by atoms with Crippen molar-refractivity contribution in [1.29, 1.82) is 0 Å². The summed E-state index contributed by atoms with van der Waals surface area (Å²) in [6.45, 7) is 3.13. The van der Waals surface area contributed by atoms with Gasteiger partial charge >= 0.3 is 0 Å². The van der Waals surface area contributed by atoms with Gasteiger partial charge in [0.2, 0.25) is 16.9 Å². The van der Waals surface area contributed by atoms with Crippen molar-refractivity contribution in [3.05, 3.63) is 29.8 Å². The van der Waals surface area contributed by atoms with Crippen LogP contribution in [0.2, 0.25) is 0 Å². The molecule has 0 unspecified atom stereocenters. The molecule has 2 heterocycles. The van der Waals surface area contributed by atoms with Crippen LogP contribution >= 0.6 is 23.1 Å². The van der Waals surface area contributed by atoms with E-state index in [9.17, 15) is 9.59 Å². The Balaban J connectivity index is 1.51. The Bertz CT molecular complexity index is 795. The molecular weight excluding hydrogens is 370 g/mol. The van der Waals surface area contributed by atoms with Crippen LogP contribution in [0.15, 0.2) is 28.6 Å². The van der Waals surface area contributed by atoms with Crippen LogP contribution in [0, 0.1) is 12.8 Å². The van der Waals surface area contributed by atoms with Crippen molar-refractivity contribution in [3.8, 4) is 0 Å². The van der Waals surface area contributed by atoms with Gasteiger partial charge in [0.05, 0.1) is 11.7 Å². The van der Waals surface area contributed by atoms with Crippen LogP contribution in [0.5, 0.6) is 0 Å². The smallest absolute Gasteiger partial charge is 0.233 e. The number of piperidine rings is 1. The Morgan fingerprint density at radius 3 is 3.04 bits per heavy atom. The zero-order valence-electron chi connectivity index (χ0n) is 14.5. The van der Waals surface area contributed by atoms with Gasteiger partial charge in [-0.3, -0.25) is 9.59 Å². The van der Waals surface area contributed by atoms with Crippen molar-refractivity contribution in [2.24, 2.45) is 11.7 Å². The number of amides is 2. The zero-order valence-corrected chi connectivity index (χ0v) is 16.1. The normalized spacial score (nSPS) is 17.1. The van der Waals surface area contributed by atoms with Gasteiger partial charge in [-0.05, 0) is 37.5 Å². The van der Waals surface area contributed by atoms with E-state index in [0.717, 1.165) is 28.4 Å². The summed E-state index contributed by atoms with van der Waals surface area (Å²) in [5.74, 6) is -0.273. The molecule has 138 valence electrons. The lowest BCUT2D eigenvalue weighted by molar-refractivity contribution is -0.132. The molecule has 3 N–H and O–H groups in total. The molecule has 1 aromatic carbocycles. The molecule has 0 spiro atoms. The van der Waals surface area contributed by atoms with Gasteiger partial charge in [0, 0.05) is 18.8 Å². The number of hydrogen-bond donors (Lipinski definition) is 2. The van der Waals surface area contributed by atoms with Crippen LogP contribution in [0.25, 0.3) is 0 Å². The van der Waals surface area contributed by atoms with Gasteiger partial charge in [0.1, 0.15) is 0 Å². The maximum atomic E-state index is 12.4. The van der Waals surface area contributed by atoms with E-state index in [0.29, 0.717) is 18.2 Å². The summed E-state index contributed by atoms with van der Waals surface area (Å²) in [6, 6.07) is 8.01. The molecule has 26 heavy (non-hydrogen) atoms.